The van der Waals surface area contributed by atoms with Crippen molar-refractivity contribution < 1.29 is 5.32 Å². The van der Waals surface area contributed by atoms with Crippen molar-refractivity contribution in [1.82, 2.24) is 9.38 Å². The number of aromatic nitrogens is 2. The summed E-state index contributed by atoms with van der Waals surface area (Å²) in [5.41, 5.74) is 2.55. The Hall–Kier alpha value is -1.69. The van der Waals surface area contributed by atoms with Gasteiger partial charge in [0.05, 0.1) is 0 Å². The summed E-state index contributed by atoms with van der Waals surface area (Å²) in [5.74, 6) is 0. The first-order valence-corrected chi connectivity index (χ1v) is 8.46. The molecule has 0 aliphatic rings. The van der Waals surface area contributed by atoms with E-state index >= 15 is 0 Å². The predicted octanol–water partition coefficient (Wildman–Crippen LogP) is 2.94. The van der Waals surface area contributed by atoms with Crippen molar-refractivity contribution >= 4 is 33.2 Å². The Balaban J connectivity index is 1.78. The van der Waals surface area contributed by atoms with Gasteiger partial charge in [0, 0.05) is 27.3 Å². The van der Waals surface area contributed by atoms with Crippen molar-refractivity contribution in [1.29, 1.82) is 0 Å². The molecule has 0 saturated carbocycles. The maximum absolute atomic E-state index is 12.2. The van der Waals surface area contributed by atoms with Crippen molar-refractivity contribution in [3.8, 4) is 0 Å². The van der Waals surface area contributed by atoms with Crippen molar-refractivity contribution in [2.75, 3.05) is 0 Å². The van der Waals surface area contributed by atoms with E-state index in [4.69, 9.17) is 11.6 Å². The van der Waals surface area contributed by atoms with Gasteiger partial charge in [-0.2, -0.15) is 0 Å². The molecule has 3 rings (SSSR count). The minimum atomic E-state index is -0.0705. The summed E-state index contributed by atoms with van der Waals surface area (Å²) in [6, 6.07) is 13.4. The van der Waals surface area contributed by atoms with Gasteiger partial charge in [0.2, 0.25) is 0 Å². The molecule has 1 atom stereocenters. The van der Waals surface area contributed by atoms with E-state index in [1.807, 2.05) is 36.4 Å². The third-order valence-electron chi connectivity index (χ3n) is 3.75. The topological polar surface area (TPSA) is 51.0 Å². The SMILES string of the molecule is C[C@H]([NH2+]Cc1cc(=O)n2cc(Br)ccc2n1)c1ccc(Cl)cc1. The van der Waals surface area contributed by atoms with Crippen LogP contribution in [0.15, 0.2) is 57.9 Å². The summed E-state index contributed by atoms with van der Waals surface area (Å²) in [4.78, 5) is 16.7. The number of rotatable bonds is 4. The first kappa shape index (κ1) is 16.2. The molecular weight excluding hydrogens is 378 g/mol. The largest absolute Gasteiger partial charge is 0.335 e. The van der Waals surface area contributed by atoms with Crippen molar-refractivity contribution in [3.05, 3.63) is 79.8 Å². The van der Waals surface area contributed by atoms with E-state index in [9.17, 15) is 4.79 Å². The second kappa shape index (κ2) is 6.83. The molecule has 0 aliphatic carbocycles. The molecule has 2 heterocycles. The zero-order valence-corrected chi connectivity index (χ0v) is 14.9. The molecule has 118 valence electrons. The maximum atomic E-state index is 12.2. The van der Waals surface area contributed by atoms with Gasteiger partial charge in [-0.05, 0) is 47.1 Å². The molecule has 0 unspecified atom stereocenters. The monoisotopic (exact) mass is 392 g/mol. The third-order valence-corrected chi connectivity index (χ3v) is 4.47. The predicted molar refractivity (Wildman–Crippen MR) is 94.7 cm³/mol. The van der Waals surface area contributed by atoms with Gasteiger partial charge in [-0.3, -0.25) is 9.20 Å². The van der Waals surface area contributed by atoms with Crippen LogP contribution < -0.4 is 10.9 Å². The molecule has 2 N–H and O–H groups in total. The Bertz CT molecular complexity index is 892. The van der Waals surface area contributed by atoms with Crippen LogP contribution in [0.25, 0.3) is 5.65 Å². The summed E-state index contributed by atoms with van der Waals surface area (Å²) >= 11 is 9.28. The van der Waals surface area contributed by atoms with Crippen LogP contribution in [0.5, 0.6) is 0 Å². The lowest BCUT2D eigenvalue weighted by Gasteiger charge is -2.11. The maximum Gasteiger partial charge on any atom is 0.258 e. The van der Waals surface area contributed by atoms with E-state index in [1.165, 1.54) is 9.96 Å². The van der Waals surface area contributed by atoms with Gasteiger partial charge in [0.1, 0.15) is 23.9 Å². The van der Waals surface area contributed by atoms with Crippen LogP contribution in [0.2, 0.25) is 5.02 Å². The van der Waals surface area contributed by atoms with Crippen LogP contribution in [-0.4, -0.2) is 9.38 Å². The van der Waals surface area contributed by atoms with E-state index in [0.29, 0.717) is 12.2 Å². The fraction of sp³-hybridized carbons (Fsp3) is 0.176. The zero-order chi connectivity index (χ0) is 16.4. The van der Waals surface area contributed by atoms with Crippen molar-refractivity contribution in [2.45, 2.75) is 19.5 Å². The number of benzene rings is 1. The van der Waals surface area contributed by atoms with E-state index in [2.05, 4.69) is 33.2 Å². The summed E-state index contributed by atoms with van der Waals surface area (Å²) in [6.45, 7) is 2.76. The third kappa shape index (κ3) is 3.80. The molecule has 6 heteroatoms. The summed E-state index contributed by atoms with van der Waals surface area (Å²) in [5, 5.41) is 2.89. The average molecular weight is 394 g/mol. The smallest absolute Gasteiger partial charge is 0.258 e. The number of nitrogens with two attached hydrogens (primary N) is 1. The lowest BCUT2D eigenvalue weighted by molar-refractivity contribution is -0.708. The Kier molecular flexibility index (Phi) is 4.80. The highest BCUT2D eigenvalue weighted by Gasteiger charge is 2.10. The van der Waals surface area contributed by atoms with Gasteiger partial charge >= 0.3 is 0 Å². The molecule has 0 bridgehead atoms. The highest BCUT2D eigenvalue weighted by molar-refractivity contribution is 9.10. The fourth-order valence-electron chi connectivity index (χ4n) is 2.43. The molecule has 0 saturated heterocycles. The summed E-state index contributed by atoms with van der Waals surface area (Å²) in [6.07, 6.45) is 1.73. The first-order valence-electron chi connectivity index (χ1n) is 7.29. The van der Waals surface area contributed by atoms with Crippen LogP contribution in [0.1, 0.15) is 24.2 Å². The number of hydrogen-bond donors (Lipinski definition) is 1. The average Bonchev–Trinajstić information content (AvgIpc) is 2.54. The second-order valence-corrected chi connectivity index (χ2v) is 6.79. The molecule has 23 heavy (non-hydrogen) atoms. The molecule has 2 aromatic heterocycles. The molecule has 0 amide bonds. The van der Waals surface area contributed by atoms with Gasteiger partial charge in [0.25, 0.3) is 5.56 Å². The van der Waals surface area contributed by atoms with Crippen LogP contribution in [-0.2, 0) is 6.54 Å². The molecular formula is C17H16BrClN3O+. The van der Waals surface area contributed by atoms with E-state index < -0.39 is 0 Å². The normalized spacial score (nSPS) is 12.5. The summed E-state index contributed by atoms with van der Waals surface area (Å²) < 4.78 is 2.39. The van der Waals surface area contributed by atoms with Gasteiger partial charge in [0.15, 0.2) is 0 Å². The van der Waals surface area contributed by atoms with Crippen molar-refractivity contribution in [2.24, 2.45) is 0 Å². The highest BCUT2D eigenvalue weighted by atomic mass is 79.9. The quantitative estimate of drug-likeness (QED) is 0.741. The van der Waals surface area contributed by atoms with E-state index in [-0.39, 0.29) is 11.6 Å². The number of hydrogen-bond acceptors (Lipinski definition) is 2. The number of halogens is 2. The Morgan fingerprint density at radius 1 is 1.26 bits per heavy atom. The van der Waals surface area contributed by atoms with Crippen LogP contribution in [0.3, 0.4) is 0 Å². The molecule has 0 fully saturated rings. The summed E-state index contributed by atoms with van der Waals surface area (Å²) in [7, 11) is 0. The number of quaternary nitrogens is 1. The van der Waals surface area contributed by atoms with Gasteiger partial charge in [-0.15, -0.1) is 0 Å². The van der Waals surface area contributed by atoms with Gasteiger partial charge in [-0.25, -0.2) is 4.98 Å². The number of fused-ring (bicyclic) bond motifs is 1. The van der Waals surface area contributed by atoms with E-state index in [1.54, 1.807) is 12.3 Å². The lowest BCUT2D eigenvalue weighted by atomic mass is 10.1. The van der Waals surface area contributed by atoms with Crippen molar-refractivity contribution in [3.63, 3.8) is 0 Å². The molecule has 0 spiro atoms. The standard InChI is InChI=1S/C17H15BrClN3O/c1-11(12-2-5-14(19)6-3-12)20-9-15-8-17(23)22-10-13(18)4-7-16(22)21-15/h2-8,10-11,20H,9H2,1H3/p+1/t11-/m0/s1. The molecule has 4 nitrogen and oxygen atoms in total. The minimum Gasteiger partial charge on any atom is -0.335 e. The Labute approximate surface area is 147 Å². The zero-order valence-electron chi connectivity index (χ0n) is 12.5. The Morgan fingerprint density at radius 3 is 2.74 bits per heavy atom. The number of nitrogens with zero attached hydrogens (tertiary/aromatic N) is 2. The fourth-order valence-corrected chi connectivity index (χ4v) is 2.89. The molecule has 3 aromatic rings. The Morgan fingerprint density at radius 2 is 2.00 bits per heavy atom. The molecule has 1 aromatic carbocycles. The van der Waals surface area contributed by atoms with Crippen LogP contribution in [0, 0.1) is 0 Å². The van der Waals surface area contributed by atoms with Crippen LogP contribution in [0.4, 0.5) is 0 Å². The number of pyridine rings is 1. The van der Waals surface area contributed by atoms with Gasteiger partial charge in [-0.1, -0.05) is 23.7 Å². The molecule has 0 aliphatic heterocycles. The minimum absolute atomic E-state index is 0.0705. The highest BCUT2D eigenvalue weighted by Crippen LogP contribution is 2.13. The second-order valence-electron chi connectivity index (χ2n) is 5.44. The van der Waals surface area contributed by atoms with Crippen LogP contribution >= 0.6 is 27.5 Å². The lowest BCUT2D eigenvalue weighted by Crippen LogP contribution is -2.83. The first-order chi connectivity index (χ1) is 11.0. The van der Waals surface area contributed by atoms with E-state index in [0.717, 1.165) is 15.2 Å². The van der Waals surface area contributed by atoms with Gasteiger partial charge < -0.3 is 5.32 Å². The molecule has 0 radical (unpaired) electrons.